The average molecular weight is 263 g/mol. The molecule has 0 radical (unpaired) electrons. The molecule has 1 aliphatic heterocycles. The molecule has 1 saturated heterocycles. The Morgan fingerprint density at radius 1 is 1.32 bits per heavy atom. The van der Waals surface area contributed by atoms with Gasteiger partial charge in [-0.1, -0.05) is 30.3 Å². The largest absolute Gasteiger partial charge is 0.459 e. The summed E-state index contributed by atoms with van der Waals surface area (Å²) < 4.78 is 9.91. The standard InChI is InChI=1S/C14H17NO4/c1-18-14(17)15-9-5-8-12(15)13(16)19-10-11-6-3-2-4-7-11/h2-4,6-7,12H,5,8-10H2,1H3/t12-/m1/s1. The summed E-state index contributed by atoms with van der Waals surface area (Å²) in [5.74, 6) is -0.369. The monoisotopic (exact) mass is 263 g/mol. The second kappa shape index (κ2) is 6.22. The van der Waals surface area contributed by atoms with Crippen molar-refractivity contribution in [3.8, 4) is 0 Å². The van der Waals surface area contributed by atoms with Gasteiger partial charge in [-0.05, 0) is 18.4 Å². The minimum absolute atomic E-state index is 0.227. The summed E-state index contributed by atoms with van der Waals surface area (Å²) in [5, 5.41) is 0. The second-order valence-corrected chi connectivity index (χ2v) is 4.41. The Bertz CT molecular complexity index is 446. The molecule has 0 spiro atoms. The molecule has 1 heterocycles. The van der Waals surface area contributed by atoms with Crippen molar-refractivity contribution < 1.29 is 19.1 Å². The average Bonchev–Trinajstić information content (AvgIpc) is 2.94. The van der Waals surface area contributed by atoms with Crippen LogP contribution in [0.4, 0.5) is 4.79 Å². The highest BCUT2D eigenvalue weighted by atomic mass is 16.6. The number of methoxy groups -OCH3 is 1. The fourth-order valence-electron chi connectivity index (χ4n) is 2.17. The molecule has 0 bridgehead atoms. The van der Waals surface area contributed by atoms with E-state index in [0.717, 1.165) is 12.0 Å². The van der Waals surface area contributed by atoms with Gasteiger partial charge in [-0.3, -0.25) is 4.90 Å². The maximum atomic E-state index is 12.0. The van der Waals surface area contributed by atoms with Crippen LogP contribution >= 0.6 is 0 Å². The SMILES string of the molecule is COC(=O)N1CCC[C@@H]1C(=O)OCc1ccccc1. The fourth-order valence-corrected chi connectivity index (χ4v) is 2.17. The summed E-state index contributed by atoms with van der Waals surface area (Å²) in [7, 11) is 1.31. The van der Waals surface area contributed by atoms with E-state index < -0.39 is 12.1 Å². The number of benzene rings is 1. The number of nitrogens with zero attached hydrogens (tertiary/aromatic N) is 1. The first-order valence-corrected chi connectivity index (χ1v) is 6.27. The zero-order chi connectivity index (χ0) is 13.7. The summed E-state index contributed by atoms with van der Waals surface area (Å²) in [5.41, 5.74) is 0.929. The van der Waals surface area contributed by atoms with Crippen LogP contribution in [-0.4, -0.2) is 36.7 Å². The molecule has 1 aliphatic rings. The molecule has 102 valence electrons. The fraction of sp³-hybridized carbons (Fsp3) is 0.429. The van der Waals surface area contributed by atoms with E-state index >= 15 is 0 Å². The van der Waals surface area contributed by atoms with Crippen molar-refractivity contribution in [3.05, 3.63) is 35.9 Å². The lowest BCUT2D eigenvalue weighted by Crippen LogP contribution is -2.41. The van der Waals surface area contributed by atoms with Gasteiger partial charge >= 0.3 is 12.1 Å². The zero-order valence-electron chi connectivity index (χ0n) is 10.9. The topological polar surface area (TPSA) is 55.8 Å². The van der Waals surface area contributed by atoms with E-state index in [9.17, 15) is 9.59 Å². The molecule has 1 atom stereocenters. The molecule has 0 N–H and O–H groups in total. The van der Waals surface area contributed by atoms with Crippen LogP contribution in [0.1, 0.15) is 18.4 Å². The van der Waals surface area contributed by atoms with Crippen LogP contribution < -0.4 is 0 Å². The number of rotatable bonds is 3. The zero-order valence-corrected chi connectivity index (χ0v) is 10.9. The van der Waals surface area contributed by atoms with Crippen molar-refractivity contribution in [2.24, 2.45) is 0 Å². The first-order valence-electron chi connectivity index (χ1n) is 6.27. The lowest BCUT2D eigenvalue weighted by Gasteiger charge is -2.21. The molecule has 0 aromatic heterocycles. The number of hydrogen-bond donors (Lipinski definition) is 0. The summed E-state index contributed by atoms with van der Waals surface area (Å²) in [6.45, 7) is 0.767. The highest BCUT2D eigenvalue weighted by Crippen LogP contribution is 2.19. The minimum atomic E-state index is -0.517. The Morgan fingerprint density at radius 2 is 2.05 bits per heavy atom. The Kier molecular flexibility index (Phi) is 4.39. The van der Waals surface area contributed by atoms with Crippen molar-refractivity contribution in [3.63, 3.8) is 0 Å². The third kappa shape index (κ3) is 3.24. The van der Waals surface area contributed by atoms with E-state index in [-0.39, 0.29) is 12.6 Å². The molecule has 2 rings (SSSR count). The van der Waals surface area contributed by atoms with Crippen LogP contribution in [0.15, 0.2) is 30.3 Å². The molecule has 1 aromatic rings. The number of likely N-dealkylation sites (tertiary alicyclic amines) is 1. The first-order chi connectivity index (χ1) is 9.22. The van der Waals surface area contributed by atoms with Crippen LogP contribution in [0.3, 0.4) is 0 Å². The minimum Gasteiger partial charge on any atom is -0.459 e. The van der Waals surface area contributed by atoms with E-state index in [0.29, 0.717) is 13.0 Å². The summed E-state index contributed by atoms with van der Waals surface area (Å²) in [4.78, 5) is 24.9. The summed E-state index contributed by atoms with van der Waals surface area (Å²) in [6, 6.07) is 8.94. The molecule has 1 fully saturated rings. The van der Waals surface area contributed by atoms with Gasteiger partial charge in [-0.15, -0.1) is 0 Å². The maximum Gasteiger partial charge on any atom is 0.410 e. The van der Waals surface area contributed by atoms with Gasteiger partial charge in [0.05, 0.1) is 7.11 Å². The van der Waals surface area contributed by atoms with E-state index in [1.807, 2.05) is 30.3 Å². The third-order valence-electron chi connectivity index (χ3n) is 3.16. The van der Waals surface area contributed by atoms with E-state index in [1.165, 1.54) is 12.0 Å². The Balaban J connectivity index is 1.90. The Hall–Kier alpha value is -2.04. The number of esters is 1. The van der Waals surface area contributed by atoms with Crippen LogP contribution in [0, 0.1) is 0 Å². The van der Waals surface area contributed by atoms with Crippen LogP contribution in [0.2, 0.25) is 0 Å². The van der Waals surface area contributed by atoms with E-state index in [1.54, 1.807) is 0 Å². The predicted octanol–water partition coefficient (Wildman–Crippen LogP) is 1.96. The van der Waals surface area contributed by atoms with Gasteiger partial charge in [0, 0.05) is 6.54 Å². The highest BCUT2D eigenvalue weighted by Gasteiger charge is 2.35. The van der Waals surface area contributed by atoms with Gasteiger partial charge < -0.3 is 9.47 Å². The molecule has 0 aliphatic carbocycles. The molecule has 1 amide bonds. The molecular formula is C14H17NO4. The normalized spacial score (nSPS) is 18.2. The van der Waals surface area contributed by atoms with Crippen molar-refractivity contribution in [1.82, 2.24) is 4.90 Å². The number of ether oxygens (including phenoxy) is 2. The predicted molar refractivity (Wildman–Crippen MR) is 68.4 cm³/mol. The van der Waals surface area contributed by atoms with Gasteiger partial charge in [0.1, 0.15) is 12.6 Å². The molecule has 5 nitrogen and oxygen atoms in total. The van der Waals surface area contributed by atoms with E-state index in [4.69, 9.17) is 4.74 Å². The smallest absolute Gasteiger partial charge is 0.410 e. The van der Waals surface area contributed by atoms with Crippen molar-refractivity contribution in [2.75, 3.05) is 13.7 Å². The van der Waals surface area contributed by atoms with Crippen molar-refractivity contribution in [1.29, 1.82) is 0 Å². The van der Waals surface area contributed by atoms with Crippen LogP contribution in [0.5, 0.6) is 0 Å². The molecule has 0 saturated carbocycles. The van der Waals surface area contributed by atoms with Crippen molar-refractivity contribution in [2.45, 2.75) is 25.5 Å². The van der Waals surface area contributed by atoms with Gasteiger partial charge in [-0.2, -0.15) is 0 Å². The number of carbonyl (C=O) groups is 2. The van der Waals surface area contributed by atoms with E-state index in [2.05, 4.69) is 4.74 Å². The molecular weight excluding hydrogens is 246 g/mol. The van der Waals surface area contributed by atoms with Crippen molar-refractivity contribution >= 4 is 12.1 Å². The molecule has 0 unspecified atom stereocenters. The van der Waals surface area contributed by atoms with Gasteiger partial charge in [-0.25, -0.2) is 9.59 Å². The van der Waals surface area contributed by atoms with Crippen LogP contribution in [0.25, 0.3) is 0 Å². The summed E-state index contributed by atoms with van der Waals surface area (Å²) in [6.07, 6.45) is 0.947. The number of hydrogen-bond acceptors (Lipinski definition) is 4. The molecule has 19 heavy (non-hydrogen) atoms. The quantitative estimate of drug-likeness (QED) is 0.782. The van der Waals surface area contributed by atoms with Gasteiger partial charge in [0.25, 0.3) is 0 Å². The summed E-state index contributed by atoms with van der Waals surface area (Å²) >= 11 is 0. The van der Waals surface area contributed by atoms with Gasteiger partial charge in [0.15, 0.2) is 0 Å². The van der Waals surface area contributed by atoms with Gasteiger partial charge in [0.2, 0.25) is 0 Å². The molecule has 5 heteroatoms. The number of amides is 1. The lowest BCUT2D eigenvalue weighted by molar-refractivity contribution is -0.149. The van der Waals surface area contributed by atoms with Crippen LogP contribution in [-0.2, 0) is 20.9 Å². The Morgan fingerprint density at radius 3 is 2.74 bits per heavy atom. The lowest BCUT2D eigenvalue weighted by atomic mass is 10.2. The Labute approximate surface area is 112 Å². The third-order valence-corrected chi connectivity index (χ3v) is 3.16. The first kappa shape index (κ1) is 13.4. The maximum absolute atomic E-state index is 12.0. The second-order valence-electron chi connectivity index (χ2n) is 4.41. The number of carbonyl (C=O) groups excluding carboxylic acids is 2. The highest BCUT2D eigenvalue weighted by molar-refractivity contribution is 5.82. The molecule has 1 aromatic carbocycles.